The molecule has 6 nitrogen and oxygen atoms in total. The van der Waals surface area contributed by atoms with Crippen LogP contribution in [-0.2, 0) is 13.1 Å². The van der Waals surface area contributed by atoms with Crippen LogP contribution in [0.25, 0.3) is 22.8 Å². The third kappa shape index (κ3) is 4.49. The maximum atomic E-state index is 14.2. The Bertz CT molecular complexity index is 1430. The number of hydrogen-bond acceptors (Lipinski definition) is 4. The van der Waals surface area contributed by atoms with Crippen molar-refractivity contribution in [1.29, 1.82) is 0 Å². The molecule has 1 N–H and O–H groups in total. The van der Waals surface area contributed by atoms with Gasteiger partial charge in [0.05, 0.1) is 23.9 Å². The Morgan fingerprint density at radius 2 is 1.65 bits per heavy atom. The van der Waals surface area contributed by atoms with Gasteiger partial charge in [-0.15, -0.1) is 0 Å². The number of benzene rings is 3. The maximum Gasteiger partial charge on any atom is 0.252 e. The summed E-state index contributed by atoms with van der Waals surface area (Å²) in [4.78, 5) is 17.4. The van der Waals surface area contributed by atoms with Crippen molar-refractivity contribution in [1.82, 2.24) is 20.1 Å². The van der Waals surface area contributed by atoms with E-state index in [1.165, 1.54) is 12.3 Å². The third-order valence-electron chi connectivity index (χ3n) is 5.50. The Kier molecular flexibility index (Phi) is 5.99. The molecule has 0 radical (unpaired) electrons. The van der Waals surface area contributed by atoms with Crippen molar-refractivity contribution in [2.24, 2.45) is 0 Å². The lowest BCUT2D eigenvalue weighted by molar-refractivity contribution is 0.0951. The zero-order chi connectivity index (χ0) is 23.3. The number of carbonyl (C=O) groups excluding carboxylic acids is 1. The lowest BCUT2D eigenvalue weighted by Crippen LogP contribution is -2.24. The monoisotopic (exact) mass is 452 g/mol. The highest BCUT2D eigenvalue weighted by molar-refractivity contribution is 6.00. The lowest BCUT2D eigenvalue weighted by atomic mass is 10.1. The van der Waals surface area contributed by atoms with Crippen LogP contribution in [0.1, 0.15) is 21.5 Å². The molecule has 2 heterocycles. The molecule has 0 aliphatic carbocycles. The molecule has 34 heavy (non-hydrogen) atoms. The summed E-state index contributed by atoms with van der Waals surface area (Å²) in [6.07, 6.45) is 5.10. The molecule has 168 valence electrons. The van der Waals surface area contributed by atoms with Crippen LogP contribution >= 0.6 is 0 Å². The number of nitrogens with one attached hydrogen (secondary N) is 1. The fraction of sp³-hybridized carbons (Fsp3) is 0.0741. The van der Waals surface area contributed by atoms with E-state index in [0.29, 0.717) is 35.5 Å². The second-order valence-corrected chi connectivity index (χ2v) is 7.71. The van der Waals surface area contributed by atoms with Crippen molar-refractivity contribution in [3.63, 3.8) is 0 Å². The highest BCUT2D eigenvalue weighted by Crippen LogP contribution is 2.29. The van der Waals surface area contributed by atoms with Crippen LogP contribution in [-0.4, -0.2) is 20.7 Å². The quantitative estimate of drug-likeness (QED) is 0.363. The van der Waals surface area contributed by atoms with Gasteiger partial charge in [0.2, 0.25) is 5.89 Å². The van der Waals surface area contributed by atoms with Gasteiger partial charge in [-0.2, -0.15) is 5.10 Å². The van der Waals surface area contributed by atoms with Gasteiger partial charge in [-0.25, -0.2) is 9.37 Å². The van der Waals surface area contributed by atoms with E-state index in [1.807, 2.05) is 41.2 Å². The van der Waals surface area contributed by atoms with E-state index in [9.17, 15) is 9.18 Å². The first kappa shape index (κ1) is 21.3. The van der Waals surface area contributed by atoms with E-state index in [-0.39, 0.29) is 11.8 Å². The van der Waals surface area contributed by atoms with Gasteiger partial charge in [-0.3, -0.25) is 9.48 Å². The topological polar surface area (TPSA) is 73.0 Å². The van der Waals surface area contributed by atoms with E-state index in [1.54, 1.807) is 48.7 Å². The van der Waals surface area contributed by atoms with E-state index < -0.39 is 5.82 Å². The van der Waals surface area contributed by atoms with Crippen LogP contribution in [0, 0.1) is 5.82 Å². The zero-order valence-electron chi connectivity index (χ0n) is 18.2. The summed E-state index contributed by atoms with van der Waals surface area (Å²) in [7, 11) is 0. The standard InChI is InChI=1S/C27H21FN4O2/c28-24-13-6-5-12-23(24)25-17-30-27(34-25)22-11-4-3-10-21(22)26(33)29-16-19-8-1-2-9-20(19)18-32-15-7-14-31-32/h1-15,17H,16,18H2,(H,29,33). The molecular weight excluding hydrogens is 431 g/mol. The fourth-order valence-corrected chi connectivity index (χ4v) is 3.78. The Hall–Kier alpha value is -4.52. The largest absolute Gasteiger partial charge is 0.436 e. The van der Waals surface area contributed by atoms with Crippen LogP contribution in [0.2, 0.25) is 0 Å². The molecule has 3 aromatic carbocycles. The average Bonchev–Trinajstić information content (AvgIpc) is 3.56. The minimum absolute atomic E-state index is 0.253. The summed E-state index contributed by atoms with van der Waals surface area (Å²) in [5.41, 5.74) is 3.35. The van der Waals surface area contributed by atoms with Crippen molar-refractivity contribution in [2.75, 3.05) is 0 Å². The maximum absolute atomic E-state index is 14.2. The molecule has 0 aliphatic rings. The predicted molar refractivity (Wildman–Crippen MR) is 126 cm³/mol. The molecule has 2 aromatic heterocycles. The summed E-state index contributed by atoms with van der Waals surface area (Å²) in [6, 6.07) is 23.2. The number of oxazole rings is 1. The minimum Gasteiger partial charge on any atom is -0.436 e. The molecule has 0 saturated carbocycles. The van der Waals surface area contributed by atoms with Gasteiger partial charge in [0, 0.05) is 24.5 Å². The third-order valence-corrected chi connectivity index (χ3v) is 5.50. The van der Waals surface area contributed by atoms with E-state index in [4.69, 9.17) is 4.42 Å². The molecule has 0 unspecified atom stereocenters. The average molecular weight is 452 g/mol. The van der Waals surface area contributed by atoms with Gasteiger partial charge in [-0.1, -0.05) is 48.5 Å². The molecule has 1 amide bonds. The molecule has 5 rings (SSSR count). The van der Waals surface area contributed by atoms with Crippen LogP contribution < -0.4 is 5.32 Å². The van der Waals surface area contributed by atoms with Crippen molar-refractivity contribution >= 4 is 5.91 Å². The van der Waals surface area contributed by atoms with E-state index in [2.05, 4.69) is 15.4 Å². The molecule has 0 atom stereocenters. The first-order valence-corrected chi connectivity index (χ1v) is 10.8. The molecule has 0 aliphatic heterocycles. The summed E-state index contributed by atoms with van der Waals surface area (Å²) < 4.78 is 21.8. The van der Waals surface area contributed by atoms with Gasteiger partial charge in [0.25, 0.3) is 5.91 Å². The number of hydrogen-bond donors (Lipinski definition) is 1. The van der Waals surface area contributed by atoms with Crippen LogP contribution in [0.3, 0.4) is 0 Å². The first-order valence-electron chi connectivity index (χ1n) is 10.8. The first-order chi connectivity index (χ1) is 16.7. The minimum atomic E-state index is -0.398. The Morgan fingerprint density at radius 1 is 0.912 bits per heavy atom. The molecule has 0 bridgehead atoms. The highest BCUT2D eigenvalue weighted by Gasteiger charge is 2.18. The van der Waals surface area contributed by atoms with E-state index >= 15 is 0 Å². The number of aromatic nitrogens is 3. The highest BCUT2D eigenvalue weighted by atomic mass is 19.1. The van der Waals surface area contributed by atoms with Crippen molar-refractivity contribution in [3.8, 4) is 22.8 Å². The molecule has 5 aromatic rings. The summed E-state index contributed by atoms with van der Waals surface area (Å²) in [5, 5.41) is 7.25. The number of rotatable bonds is 7. The summed E-state index contributed by atoms with van der Waals surface area (Å²) in [6.45, 7) is 0.974. The zero-order valence-corrected chi connectivity index (χ0v) is 18.2. The van der Waals surface area contributed by atoms with Gasteiger partial charge < -0.3 is 9.73 Å². The molecule has 0 fully saturated rings. The number of nitrogens with zero attached hydrogens (tertiary/aromatic N) is 3. The Morgan fingerprint density at radius 3 is 2.44 bits per heavy atom. The second kappa shape index (κ2) is 9.54. The molecule has 0 saturated heterocycles. The smallest absolute Gasteiger partial charge is 0.252 e. The second-order valence-electron chi connectivity index (χ2n) is 7.71. The van der Waals surface area contributed by atoms with E-state index in [0.717, 1.165) is 11.1 Å². The number of halogens is 1. The summed E-state index contributed by atoms with van der Waals surface area (Å²) >= 11 is 0. The predicted octanol–water partition coefficient (Wildman–Crippen LogP) is 5.32. The fourth-order valence-electron chi connectivity index (χ4n) is 3.78. The van der Waals surface area contributed by atoms with Crippen LogP contribution in [0.4, 0.5) is 4.39 Å². The molecule has 7 heteroatoms. The van der Waals surface area contributed by atoms with Gasteiger partial charge in [0.1, 0.15) is 5.82 Å². The number of amides is 1. The molecule has 0 spiro atoms. The lowest BCUT2D eigenvalue weighted by Gasteiger charge is -2.12. The summed E-state index contributed by atoms with van der Waals surface area (Å²) in [5.74, 6) is -0.0981. The number of carbonyl (C=O) groups is 1. The SMILES string of the molecule is O=C(NCc1ccccc1Cn1cccn1)c1ccccc1-c1ncc(-c2ccccc2F)o1. The Labute approximate surface area is 195 Å². The molecular formula is C27H21FN4O2. The Balaban J connectivity index is 1.36. The van der Waals surface area contributed by atoms with Crippen molar-refractivity contribution < 1.29 is 13.6 Å². The van der Waals surface area contributed by atoms with Crippen LogP contribution in [0.5, 0.6) is 0 Å². The van der Waals surface area contributed by atoms with Crippen molar-refractivity contribution in [3.05, 3.63) is 120 Å². The van der Waals surface area contributed by atoms with Crippen molar-refractivity contribution in [2.45, 2.75) is 13.1 Å². The van der Waals surface area contributed by atoms with Gasteiger partial charge in [-0.05, 0) is 41.5 Å². The normalized spacial score (nSPS) is 10.9. The van der Waals surface area contributed by atoms with Gasteiger partial charge in [0.15, 0.2) is 5.76 Å². The van der Waals surface area contributed by atoms with Gasteiger partial charge >= 0.3 is 0 Å². The van der Waals surface area contributed by atoms with Crippen LogP contribution in [0.15, 0.2) is 102 Å².